The van der Waals surface area contributed by atoms with Gasteiger partial charge in [0.15, 0.2) is 0 Å². The molecule has 0 saturated carbocycles. The van der Waals surface area contributed by atoms with Crippen molar-refractivity contribution in [3.8, 4) is 17.1 Å². The summed E-state index contributed by atoms with van der Waals surface area (Å²) in [6, 6.07) is 13.0. The van der Waals surface area contributed by atoms with E-state index in [2.05, 4.69) is 15.5 Å². The van der Waals surface area contributed by atoms with Gasteiger partial charge in [-0.05, 0) is 74.6 Å². The highest BCUT2D eigenvalue weighted by atomic mass is 16.5. The fourth-order valence-corrected chi connectivity index (χ4v) is 3.73. The van der Waals surface area contributed by atoms with Crippen LogP contribution < -0.4 is 10.1 Å². The maximum Gasteiger partial charge on any atom is 0.322 e. The minimum absolute atomic E-state index is 0.141. The Bertz CT molecular complexity index is 1030. The molecule has 1 aliphatic heterocycles. The van der Waals surface area contributed by atoms with E-state index < -0.39 is 0 Å². The van der Waals surface area contributed by atoms with Gasteiger partial charge in [0.05, 0.1) is 7.11 Å². The van der Waals surface area contributed by atoms with Gasteiger partial charge in [0.1, 0.15) is 11.8 Å². The van der Waals surface area contributed by atoms with Gasteiger partial charge in [-0.1, -0.05) is 17.3 Å². The summed E-state index contributed by atoms with van der Waals surface area (Å²) in [5, 5.41) is 7.19. The van der Waals surface area contributed by atoms with E-state index in [0.717, 1.165) is 47.4 Å². The van der Waals surface area contributed by atoms with E-state index in [4.69, 9.17) is 9.26 Å². The number of carbonyl (C=O) groups is 1. The lowest BCUT2D eigenvalue weighted by Gasteiger charge is -2.33. The number of methoxy groups -OCH3 is 1. The quantitative estimate of drug-likeness (QED) is 0.650. The Morgan fingerprint density at radius 3 is 2.73 bits per heavy atom. The number of likely N-dealkylation sites (tertiary alicyclic amines) is 1. The van der Waals surface area contributed by atoms with Crippen LogP contribution in [-0.4, -0.2) is 34.7 Å². The number of amides is 2. The lowest BCUT2D eigenvalue weighted by atomic mass is 10.0. The fourth-order valence-electron chi connectivity index (χ4n) is 3.73. The van der Waals surface area contributed by atoms with Gasteiger partial charge >= 0.3 is 6.03 Å². The SMILES string of the molecule is COc1ccc(-c2noc(C3CCCCN3C(=O)Nc3cccc(C)c3C)n2)cc1. The first kappa shape index (κ1) is 19.9. The first-order valence-corrected chi connectivity index (χ1v) is 10.2. The highest BCUT2D eigenvalue weighted by Gasteiger charge is 2.32. The minimum atomic E-state index is -0.233. The molecule has 2 aromatic carbocycles. The molecule has 1 atom stereocenters. The Balaban J connectivity index is 1.54. The lowest BCUT2D eigenvalue weighted by Crippen LogP contribution is -2.41. The summed E-state index contributed by atoms with van der Waals surface area (Å²) in [7, 11) is 1.63. The molecule has 0 radical (unpaired) electrons. The molecule has 1 aromatic heterocycles. The van der Waals surface area contributed by atoms with Crippen LogP contribution in [0.4, 0.5) is 10.5 Å². The number of aryl methyl sites for hydroxylation is 1. The molecular weight excluding hydrogens is 380 g/mol. The van der Waals surface area contributed by atoms with Gasteiger partial charge in [0, 0.05) is 17.8 Å². The summed E-state index contributed by atoms with van der Waals surface area (Å²) in [4.78, 5) is 19.5. The number of nitrogens with zero attached hydrogens (tertiary/aromatic N) is 3. The molecule has 1 fully saturated rings. The van der Waals surface area contributed by atoms with Gasteiger partial charge in [-0.3, -0.25) is 0 Å². The lowest BCUT2D eigenvalue weighted by molar-refractivity contribution is 0.142. The standard InChI is InChI=1S/C23H26N4O3/c1-15-7-6-8-19(16(15)2)24-23(28)27-14-5-4-9-20(27)22-25-21(26-30-22)17-10-12-18(29-3)13-11-17/h6-8,10-13,20H,4-5,9,14H2,1-3H3,(H,24,28). The molecule has 0 spiro atoms. The van der Waals surface area contributed by atoms with E-state index >= 15 is 0 Å². The number of carbonyl (C=O) groups excluding carboxylic acids is 1. The molecule has 7 heteroatoms. The van der Waals surface area contributed by atoms with Crippen molar-refractivity contribution in [1.29, 1.82) is 0 Å². The van der Waals surface area contributed by atoms with Crippen LogP contribution in [0.5, 0.6) is 5.75 Å². The zero-order valence-electron chi connectivity index (χ0n) is 17.5. The summed E-state index contributed by atoms with van der Waals surface area (Å²) >= 11 is 0. The van der Waals surface area contributed by atoms with E-state index in [-0.39, 0.29) is 12.1 Å². The second kappa shape index (κ2) is 8.57. The molecular formula is C23H26N4O3. The Morgan fingerprint density at radius 2 is 1.97 bits per heavy atom. The summed E-state index contributed by atoms with van der Waals surface area (Å²) < 4.78 is 10.8. The molecule has 0 aliphatic carbocycles. The third-order valence-electron chi connectivity index (χ3n) is 5.68. The maximum absolute atomic E-state index is 13.1. The van der Waals surface area contributed by atoms with Crippen molar-refractivity contribution in [2.75, 3.05) is 19.0 Å². The van der Waals surface area contributed by atoms with E-state index in [1.165, 1.54) is 0 Å². The third-order valence-corrected chi connectivity index (χ3v) is 5.68. The average Bonchev–Trinajstić information content (AvgIpc) is 3.27. The average molecular weight is 406 g/mol. The summed E-state index contributed by atoms with van der Waals surface area (Å²) in [5.74, 6) is 1.74. The number of ether oxygens (including phenoxy) is 1. The summed E-state index contributed by atoms with van der Waals surface area (Å²) in [5.41, 5.74) is 3.88. The number of anilines is 1. The smallest absolute Gasteiger partial charge is 0.322 e. The van der Waals surface area contributed by atoms with Gasteiger partial charge < -0.3 is 19.5 Å². The molecule has 30 heavy (non-hydrogen) atoms. The number of benzene rings is 2. The molecule has 3 aromatic rings. The van der Waals surface area contributed by atoms with Gasteiger partial charge in [-0.15, -0.1) is 0 Å². The van der Waals surface area contributed by atoms with E-state index in [0.29, 0.717) is 18.3 Å². The van der Waals surface area contributed by atoms with Crippen molar-refractivity contribution in [3.63, 3.8) is 0 Å². The normalized spacial score (nSPS) is 16.4. The second-order valence-electron chi connectivity index (χ2n) is 7.57. The largest absolute Gasteiger partial charge is 0.497 e. The minimum Gasteiger partial charge on any atom is -0.497 e. The molecule has 1 aliphatic rings. The molecule has 1 N–H and O–H groups in total. The van der Waals surface area contributed by atoms with Crippen LogP contribution in [0.2, 0.25) is 0 Å². The van der Waals surface area contributed by atoms with Crippen LogP contribution in [0.25, 0.3) is 11.4 Å². The number of rotatable bonds is 4. The number of hydrogen-bond acceptors (Lipinski definition) is 5. The van der Waals surface area contributed by atoms with Gasteiger partial charge in [-0.2, -0.15) is 4.98 Å². The molecule has 1 saturated heterocycles. The molecule has 156 valence electrons. The van der Waals surface area contributed by atoms with Crippen molar-refractivity contribution in [3.05, 3.63) is 59.5 Å². The van der Waals surface area contributed by atoms with E-state index in [1.54, 1.807) is 12.0 Å². The van der Waals surface area contributed by atoms with Crippen molar-refractivity contribution >= 4 is 11.7 Å². The van der Waals surface area contributed by atoms with Crippen LogP contribution in [0.1, 0.15) is 42.3 Å². The van der Waals surface area contributed by atoms with Gasteiger partial charge in [0.2, 0.25) is 11.7 Å². The Labute approximate surface area is 176 Å². The fraction of sp³-hybridized carbons (Fsp3) is 0.348. The number of urea groups is 1. The van der Waals surface area contributed by atoms with Crippen LogP contribution in [0.15, 0.2) is 47.0 Å². The molecule has 2 amide bonds. The van der Waals surface area contributed by atoms with Crippen molar-refractivity contribution < 1.29 is 14.1 Å². The van der Waals surface area contributed by atoms with E-state index in [9.17, 15) is 4.79 Å². The zero-order chi connectivity index (χ0) is 21.1. The Kier molecular flexibility index (Phi) is 5.70. The van der Waals surface area contributed by atoms with Crippen LogP contribution >= 0.6 is 0 Å². The zero-order valence-corrected chi connectivity index (χ0v) is 17.5. The molecule has 7 nitrogen and oxygen atoms in total. The van der Waals surface area contributed by atoms with Crippen molar-refractivity contribution in [2.24, 2.45) is 0 Å². The topological polar surface area (TPSA) is 80.5 Å². The predicted molar refractivity (Wildman–Crippen MR) is 115 cm³/mol. The van der Waals surface area contributed by atoms with Crippen molar-refractivity contribution in [1.82, 2.24) is 15.0 Å². The highest BCUT2D eigenvalue weighted by Crippen LogP contribution is 2.32. The number of hydrogen-bond donors (Lipinski definition) is 1. The Morgan fingerprint density at radius 1 is 1.17 bits per heavy atom. The van der Waals surface area contributed by atoms with Gasteiger partial charge in [0.25, 0.3) is 0 Å². The van der Waals surface area contributed by atoms with E-state index in [1.807, 2.05) is 56.3 Å². The van der Waals surface area contributed by atoms with Crippen LogP contribution in [-0.2, 0) is 0 Å². The number of piperidine rings is 1. The first-order valence-electron chi connectivity index (χ1n) is 10.2. The molecule has 4 rings (SSSR count). The molecule has 0 bridgehead atoms. The highest BCUT2D eigenvalue weighted by molar-refractivity contribution is 5.90. The Hall–Kier alpha value is -3.35. The van der Waals surface area contributed by atoms with Crippen LogP contribution in [0.3, 0.4) is 0 Å². The monoisotopic (exact) mass is 406 g/mol. The van der Waals surface area contributed by atoms with Gasteiger partial charge in [-0.25, -0.2) is 4.79 Å². The second-order valence-corrected chi connectivity index (χ2v) is 7.57. The van der Waals surface area contributed by atoms with Crippen molar-refractivity contribution in [2.45, 2.75) is 39.2 Å². The van der Waals surface area contributed by atoms with Crippen LogP contribution in [0, 0.1) is 13.8 Å². The molecule has 2 heterocycles. The first-order chi connectivity index (χ1) is 14.6. The molecule has 1 unspecified atom stereocenters. The number of aromatic nitrogens is 2. The maximum atomic E-state index is 13.1. The predicted octanol–water partition coefficient (Wildman–Crippen LogP) is 5.12. The third kappa shape index (κ3) is 4.01. The number of nitrogens with one attached hydrogen (secondary N) is 1. The summed E-state index contributed by atoms with van der Waals surface area (Å²) in [6.07, 6.45) is 2.76. The summed E-state index contributed by atoms with van der Waals surface area (Å²) in [6.45, 7) is 4.70.